The lowest BCUT2D eigenvalue weighted by Gasteiger charge is -2.25. The molecule has 1 aliphatic heterocycles. The van der Waals surface area contributed by atoms with Crippen molar-refractivity contribution in [3.8, 4) is 5.75 Å². The number of benzene rings is 1. The molecule has 0 saturated heterocycles. The van der Waals surface area contributed by atoms with Gasteiger partial charge in [0, 0.05) is 19.0 Å². The Morgan fingerprint density at radius 3 is 2.79 bits per heavy atom. The van der Waals surface area contributed by atoms with Crippen molar-refractivity contribution in [3.63, 3.8) is 0 Å². The number of ether oxygens (including phenoxy) is 1. The lowest BCUT2D eigenvalue weighted by atomic mass is 10.0. The van der Waals surface area contributed by atoms with Crippen molar-refractivity contribution in [1.82, 2.24) is 9.62 Å². The van der Waals surface area contributed by atoms with Crippen LogP contribution in [-0.2, 0) is 16.4 Å². The summed E-state index contributed by atoms with van der Waals surface area (Å²) in [4.78, 5) is 2.01. The van der Waals surface area contributed by atoms with Crippen LogP contribution in [0.15, 0.2) is 18.2 Å². The molecule has 0 spiro atoms. The summed E-state index contributed by atoms with van der Waals surface area (Å²) in [6, 6.07) is 6.09. The maximum atomic E-state index is 11.2. The van der Waals surface area contributed by atoms with E-state index in [0.29, 0.717) is 6.54 Å². The van der Waals surface area contributed by atoms with E-state index in [0.717, 1.165) is 24.3 Å². The van der Waals surface area contributed by atoms with Crippen molar-refractivity contribution < 1.29 is 13.2 Å². The fraction of sp³-hybridized carbons (Fsp3) is 0.538. The highest BCUT2D eigenvalue weighted by Crippen LogP contribution is 2.29. The predicted octanol–water partition coefficient (Wildman–Crippen LogP) is 0.773. The van der Waals surface area contributed by atoms with Crippen LogP contribution in [0.5, 0.6) is 5.75 Å². The van der Waals surface area contributed by atoms with Gasteiger partial charge in [-0.05, 0) is 31.3 Å². The third-order valence-electron chi connectivity index (χ3n) is 3.26. The van der Waals surface area contributed by atoms with Gasteiger partial charge < -0.3 is 9.64 Å². The quantitative estimate of drug-likeness (QED) is 0.868. The van der Waals surface area contributed by atoms with Crippen LogP contribution >= 0.6 is 0 Å². The molecule has 1 heterocycles. The molecule has 0 aromatic heterocycles. The Kier molecular flexibility index (Phi) is 4.13. The van der Waals surface area contributed by atoms with Crippen LogP contribution in [0.25, 0.3) is 0 Å². The minimum atomic E-state index is -3.17. The lowest BCUT2D eigenvalue weighted by Crippen LogP contribution is -2.34. The topological polar surface area (TPSA) is 58.6 Å². The predicted molar refractivity (Wildman–Crippen MR) is 74.9 cm³/mol. The molecule has 19 heavy (non-hydrogen) atoms. The third kappa shape index (κ3) is 3.68. The normalized spacial score (nSPS) is 16.2. The molecule has 0 amide bonds. The molecule has 5 nitrogen and oxygen atoms in total. The van der Waals surface area contributed by atoms with E-state index < -0.39 is 10.0 Å². The van der Waals surface area contributed by atoms with Crippen LogP contribution < -0.4 is 9.46 Å². The monoisotopic (exact) mass is 284 g/mol. The first-order valence-corrected chi connectivity index (χ1v) is 8.12. The zero-order valence-electron chi connectivity index (χ0n) is 11.5. The zero-order valence-corrected chi connectivity index (χ0v) is 12.3. The van der Waals surface area contributed by atoms with Gasteiger partial charge in [-0.25, -0.2) is 13.1 Å². The van der Waals surface area contributed by atoms with Gasteiger partial charge in [-0.15, -0.1) is 0 Å². The van der Waals surface area contributed by atoms with Gasteiger partial charge in [-0.2, -0.15) is 0 Å². The Balaban J connectivity index is 2.19. The average molecular weight is 284 g/mol. The van der Waals surface area contributed by atoms with Gasteiger partial charge in [0.2, 0.25) is 10.0 Å². The van der Waals surface area contributed by atoms with Crippen LogP contribution in [0.2, 0.25) is 0 Å². The summed E-state index contributed by atoms with van der Waals surface area (Å²) in [7, 11) is 0.712. The maximum absolute atomic E-state index is 11.2. The molecule has 6 heteroatoms. The summed E-state index contributed by atoms with van der Waals surface area (Å²) in [6.45, 7) is 1.10. The van der Waals surface area contributed by atoms with Gasteiger partial charge in [0.1, 0.15) is 5.75 Å². The summed E-state index contributed by atoms with van der Waals surface area (Å²) in [5, 5.41) is 0. The molecule has 0 unspecified atom stereocenters. The Morgan fingerprint density at radius 1 is 1.42 bits per heavy atom. The highest BCUT2D eigenvalue weighted by Gasteiger charge is 2.19. The maximum Gasteiger partial charge on any atom is 0.208 e. The van der Waals surface area contributed by atoms with E-state index in [1.807, 2.05) is 31.1 Å². The molecule has 0 fully saturated rings. The van der Waals surface area contributed by atoms with Gasteiger partial charge in [0.15, 0.2) is 0 Å². The van der Waals surface area contributed by atoms with Crippen LogP contribution in [-0.4, -0.2) is 46.8 Å². The van der Waals surface area contributed by atoms with E-state index in [1.54, 1.807) is 0 Å². The third-order valence-corrected chi connectivity index (χ3v) is 3.95. The molecular formula is C13H20N2O3S. The molecule has 2 rings (SSSR count). The van der Waals surface area contributed by atoms with E-state index in [2.05, 4.69) is 10.8 Å². The number of likely N-dealkylation sites (N-methyl/N-ethyl adjacent to an activating group) is 1. The molecule has 106 valence electrons. The first-order chi connectivity index (χ1) is 8.87. The number of sulfonamides is 1. The number of hydrogen-bond acceptors (Lipinski definition) is 4. The molecule has 1 N–H and O–H groups in total. The molecule has 0 bridgehead atoms. The van der Waals surface area contributed by atoms with Crippen molar-refractivity contribution in [1.29, 1.82) is 0 Å². The smallest absolute Gasteiger partial charge is 0.208 e. The number of fused-ring (bicyclic) bond motifs is 1. The van der Waals surface area contributed by atoms with Crippen LogP contribution in [0.1, 0.15) is 17.2 Å². The molecule has 1 aromatic rings. The fourth-order valence-corrected chi connectivity index (χ4v) is 2.70. The Labute approximate surface area is 114 Å². The van der Waals surface area contributed by atoms with E-state index in [4.69, 9.17) is 4.74 Å². The number of nitrogens with zero attached hydrogens (tertiary/aromatic N) is 1. The minimum Gasteiger partial charge on any atom is -0.493 e. The number of hydrogen-bond donors (Lipinski definition) is 1. The molecule has 0 saturated carbocycles. The highest BCUT2D eigenvalue weighted by atomic mass is 32.2. The molecule has 1 aromatic carbocycles. The average Bonchev–Trinajstić information content (AvgIpc) is 2.74. The van der Waals surface area contributed by atoms with Crippen LogP contribution in [0.4, 0.5) is 0 Å². The standard InChI is InChI=1S/C13H20N2O3S/c1-15(2)12(9-14-19(3,16)17)10-4-5-13-11(8-10)6-7-18-13/h4-5,8,12,14H,6-7,9H2,1-3H3/t12-/m0/s1. The lowest BCUT2D eigenvalue weighted by molar-refractivity contribution is 0.299. The van der Waals surface area contributed by atoms with Crippen LogP contribution in [0.3, 0.4) is 0 Å². The second-order valence-electron chi connectivity index (χ2n) is 5.07. The van der Waals surface area contributed by atoms with E-state index in [1.165, 1.54) is 11.8 Å². The number of rotatable bonds is 5. The largest absolute Gasteiger partial charge is 0.493 e. The van der Waals surface area contributed by atoms with Gasteiger partial charge in [0.05, 0.1) is 12.9 Å². The fourth-order valence-electron chi connectivity index (χ4n) is 2.24. The molecular weight excluding hydrogens is 264 g/mol. The first-order valence-electron chi connectivity index (χ1n) is 6.23. The zero-order chi connectivity index (χ0) is 14.0. The van der Waals surface area contributed by atoms with Gasteiger partial charge in [-0.1, -0.05) is 12.1 Å². The van der Waals surface area contributed by atoms with E-state index in [9.17, 15) is 8.42 Å². The second kappa shape index (κ2) is 5.48. The molecule has 0 radical (unpaired) electrons. The summed E-state index contributed by atoms with van der Waals surface area (Å²) in [5.41, 5.74) is 2.30. The van der Waals surface area contributed by atoms with Gasteiger partial charge >= 0.3 is 0 Å². The Bertz CT molecular complexity index is 555. The van der Waals surface area contributed by atoms with E-state index >= 15 is 0 Å². The van der Waals surface area contributed by atoms with Gasteiger partial charge in [-0.3, -0.25) is 0 Å². The number of nitrogens with one attached hydrogen (secondary N) is 1. The van der Waals surface area contributed by atoms with E-state index in [-0.39, 0.29) is 6.04 Å². The minimum absolute atomic E-state index is 0.0145. The SMILES string of the molecule is CN(C)[C@@H](CNS(C)(=O)=O)c1ccc2c(c1)CCO2. The summed E-state index contributed by atoms with van der Waals surface area (Å²) < 4.78 is 30.5. The van der Waals surface area contributed by atoms with Crippen molar-refractivity contribution in [2.75, 3.05) is 33.5 Å². The van der Waals surface area contributed by atoms with Crippen molar-refractivity contribution >= 4 is 10.0 Å². The van der Waals surface area contributed by atoms with Crippen molar-refractivity contribution in [2.45, 2.75) is 12.5 Å². The van der Waals surface area contributed by atoms with Crippen LogP contribution in [0, 0.1) is 0 Å². The first kappa shape index (κ1) is 14.3. The molecule has 1 atom stereocenters. The van der Waals surface area contributed by atoms with Crippen molar-refractivity contribution in [2.24, 2.45) is 0 Å². The van der Waals surface area contributed by atoms with Crippen molar-refractivity contribution in [3.05, 3.63) is 29.3 Å². The Hall–Kier alpha value is -1.11. The summed E-state index contributed by atoms with van der Waals surface area (Å²) in [6.07, 6.45) is 2.10. The Morgan fingerprint density at radius 2 is 2.16 bits per heavy atom. The molecule has 1 aliphatic rings. The summed E-state index contributed by atoms with van der Waals surface area (Å²) >= 11 is 0. The van der Waals surface area contributed by atoms with Gasteiger partial charge in [0.25, 0.3) is 0 Å². The highest BCUT2D eigenvalue weighted by molar-refractivity contribution is 7.88. The summed E-state index contributed by atoms with van der Waals surface area (Å²) in [5.74, 6) is 0.942. The second-order valence-corrected chi connectivity index (χ2v) is 6.90. The molecule has 0 aliphatic carbocycles.